The molecule has 0 aliphatic carbocycles. The molecule has 2 rings (SSSR count). The molecule has 0 saturated heterocycles. The van der Waals surface area contributed by atoms with E-state index in [1.807, 2.05) is 16.9 Å². The van der Waals surface area contributed by atoms with Gasteiger partial charge in [0.05, 0.1) is 0 Å². The molecular weight excluding hydrogens is 250 g/mol. The third-order valence-corrected chi connectivity index (χ3v) is 3.39. The van der Waals surface area contributed by atoms with Gasteiger partial charge >= 0.3 is 0 Å². The Bertz CT molecular complexity index is 535. The number of nitrogens with zero attached hydrogens (tertiary/aromatic N) is 4. The van der Waals surface area contributed by atoms with E-state index in [2.05, 4.69) is 47.2 Å². The number of hydrogen-bond acceptors (Lipinski definition) is 4. The summed E-state index contributed by atoms with van der Waals surface area (Å²) in [6, 6.07) is 4.35. The van der Waals surface area contributed by atoms with E-state index in [-0.39, 0.29) is 6.04 Å². The van der Waals surface area contributed by atoms with Crippen LogP contribution in [0.1, 0.15) is 43.4 Å². The summed E-state index contributed by atoms with van der Waals surface area (Å²) in [4.78, 5) is 8.79. The van der Waals surface area contributed by atoms with Crippen LogP contribution in [0.3, 0.4) is 0 Å². The van der Waals surface area contributed by atoms with Gasteiger partial charge in [0.15, 0.2) is 0 Å². The maximum absolute atomic E-state index is 4.40. The molecule has 0 radical (unpaired) electrons. The Balaban J connectivity index is 2.21. The second-order valence-electron chi connectivity index (χ2n) is 4.89. The molecule has 0 aromatic carbocycles. The van der Waals surface area contributed by atoms with Crippen LogP contribution in [-0.4, -0.2) is 26.3 Å². The van der Waals surface area contributed by atoms with Crippen molar-refractivity contribution in [2.24, 2.45) is 0 Å². The van der Waals surface area contributed by atoms with Crippen LogP contribution in [0.25, 0.3) is 0 Å². The number of hydrogen-bond donors (Lipinski definition) is 1. The fourth-order valence-corrected chi connectivity index (χ4v) is 2.43. The lowest BCUT2D eigenvalue weighted by Gasteiger charge is -2.19. The second-order valence-corrected chi connectivity index (χ2v) is 4.89. The molecule has 108 valence electrons. The Morgan fingerprint density at radius 3 is 2.85 bits per heavy atom. The molecule has 2 heterocycles. The lowest BCUT2D eigenvalue weighted by molar-refractivity contribution is 0.496. The molecular formula is C15H23N5. The van der Waals surface area contributed by atoms with Crippen molar-refractivity contribution < 1.29 is 0 Å². The van der Waals surface area contributed by atoms with E-state index in [1.54, 1.807) is 6.33 Å². The van der Waals surface area contributed by atoms with E-state index in [0.717, 1.165) is 37.4 Å². The van der Waals surface area contributed by atoms with Crippen molar-refractivity contribution >= 4 is 0 Å². The van der Waals surface area contributed by atoms with Crippen LogP contribution in [0.4, 0.5) is 0 Å². The average Bonchev–Trinajstić information content (AvgIpc) is 2.87. The summed E-state index contributed by atoms with van der Waals surface area (Å²) < 4.78 is 2.00. The molecule has 2 aromatic rings. The van der Waals surface area contributed by atoms with Gasteiger partial charge in [-0.05, 0) is 31.5 Å². The second kappa shape index (κ2) is 7.14. The molecule has 0 bridgehead atoms. The van der Waals surface area contributed by atoms with Crippen molar-refractivity contribution in [3.8, 4) is 0 Å². The Morgan fingerprint density at radius 1 is 1.30 bits per heavy atom. The molecule has 1 atom stereocenters. The summed E-state index contributed by atoms with van der Waals surface area (Å²) >= 11 is 0. The van der Waals surface area contributed by atoms with Gasteiger partial charge in [-0.3, -0.25) is 9.67 Å². The normalized spacial score (nSPS) is 12.6. The van der Waals surface area contributed by atoms with Gasteiger partial charge in [-0.2, -0.15) is 5.10 Å². The highest BCUT2D eigenvalue weighted by molar-refractivity contribution is 5.23. The van der Waals surface area contributed by atoms with E-state index in [1.165, 1.54) is 5.56 Å². The molecule has 0 saturated carbocycles. The first-order valence-corrected chi connectivity index (χ1v) is 7.27. The van der Waals surface area contributed by atoms with E-state index in [4.69, 9.17) is 0 Å². The number of aromatic nitrogens is 4. The van der Waals surface area contributed by atoms with Crippen molar-refractivity contribution in [3.05, 3.63) is 41.7 Å². The fourth-order valence-electron chi connectivity index (χ4n) is 2.43. The molecule has 1 N–H and O–H groups in total. The highest BCUT2D eigenvalue weighted by atomic mass is 15.3. The Labute approximate surface area is 120 Å². The summed E-state index contributed by atoms with van der Waals surface area (Å²) in [5.74, 6) is 1.03. The van der Waals surface area contributed by atoms with Crippen LogP contribution < -0.4 is 5.32 Å². The number of aryl methyl sites for hydroxylation is 2. The zero-order valence-corrected chi connectivity index (χ0v) is 12.5. The number of likely N-dealkylation sites (N-methyl/N-ethyl adjacent to an activating group) is 1. The molecule has 0 fully saturated rings. The van der Waals surface area contributed by atoms with Crippen LogP contribution in [0.15, 0.2) is 24.7 Å². The Kier molecular flexibility index (Phi) is 5.24. The van der Waals surface area contributed by atoms with E-state index in [0.29, 0.717) is 0 Å². The van der Waals surface area contributed by atoms with Crippen molar-refractivity contribution in [1.29, 1.82) is 0 Å². The van der Waals surface area contributed by atoms with E-state index in [9.17, 15) is 0 Å². The Morgan fingerprint density at radius 2 is 2.15 bits per heavy atom. The molecule has 1 unspecified atom stereocenters. The van der Waals surface area contributed by atoms with Crippen LogP contribution in [-0.2, 0) is 13.0 Å². The van der Waals surface area contributed by atoms with Crippen molar-refractivity contribution in [3.63, 3.8) is 0 Å². The highest BCUT2D eigenvalue weighted by Crippen LogP contribution is 2.19. The molecule has 0 spiro atoms. The van der Waals surface area contributed by atoms with Crippen LogP contribution in [0, 0.1) is 6.92 Å². The quantitative estimate of drug-likeness (QED) is 0.841. The van der Waals surface area contributed by atoms with Gasteiger partial charge in [0.25, 0.3) is 0 Å². The van der Waals surface area contributed by atoms with Gasteiger partial charge in [0.2, 0.25) is 0 Å². The first kappa shape index (κ1) is 14.7. The third kappa shape index (κ3) is 3.42. The minimum atomic E-state index is 0.230. The lowest BCUT2D eigenvalue weighted by atomic mass is 10.0. The summed E-state index contributed by atoms with van der Waals surface area (Å²) in [5.41, 5.74) is 2.31. The zero-order chi connectivity index (χ0) is 14.4. The maximum Gasteiger partial charge on any atom is 0.138 e. The van der Waals surface area contributed by atoms with Gasteiger partial charge < -0.3 is 5.32 Å². The predicted octanol–water partition coefficient (Wildman–Crippen LogP) is 2.28. The minimum absolute atomic E-state index is 0.230. The topological polar surface area (TPSA) is 55.6 Å². The molecule has 5 nitrogen and oxygen atoms in total. The van der Waals surface area contributed by atoms with E-state index >= 15 is 0 Å². The summed E-state index contributed by atoms with van der Waals surface area (Å²) in [7, 11) is 0. The van der Waals surface area contributed by atoms with Crippen molar-refractivity contribution in [1.82, 2.24) is 25.1 Å². The standard InChI is InChI=1S/C15H23N5/c1-4-9-20-15(18-11-19-20)10-14(16-5-2)13-7-6-8-17-12(13)3/h6-8,11,14,16H,4-5,9-10H2,1-3H3. The first-order chi connectivity index (χ1) is 9.76. The molecule has 5 heteroatoms. The van der Waals surface area contributed by atoms with Crippen LogP contribution >= 0.6 is 0 Å². The SMILES string of the molecule is CCCn1ncnc1CC(NCC)c1cccnc1C. The predicted molar refractivity (Wildman–Crippen MR) is 79.4 cm³/mol. The molecule has 20 heavy (non-hydrogen) atoms. The molecule has 0 aliphatic heterocycles. The smallest absolute Gasteiger partial charge is 0.138 e. The highest BCUT2D eigenvalue weighted by Gasteiger charge is 2.17. The van der Waals surface area contributed by atoms with Gasteiger partial charge in [0, 0.05) is 30.9 Å². The number of pyridine rings is 1. The third-order valence-electron chi connectivity index (χ3n) is 3.39. The molecule has 0 aliphatic rings. The van der Waals surface area contributed by atoms with Gasteiger partial charge in [-0.1, -0.05) is 19.9 Å². The van der Waals surface area contributed by atoms with Crippen molar-refractivity contribution in [2.75, 3.05) is 6.54 Å². The minimum Gasteiger partial charge on any atom is -0.310 e. The fraction of sp³-hybridized carbons (Fsp3) is 0.533. The number of rotatable bonds is 7. The van der Waals surface area contributed by atoms with Gasteiger partial charge in [0.1, 0.15) is 12.2 Å². The van der Waals surface area contributed by atoms with Crippen LogP contribution in [0.2, 0.25) is 0 Å². The monoisotopic (exact) mass is 273 g/mol. The summed E-state index contributed by atoms with van der Waals surface area (Å²) in [6.45, 7) is 8.16. The zero-order valence-electron chi connectivity index (χ0n) is 12.5. The summed E-state index contributed by atoms with van der Waals surface area (Å²) in [5, 5.41) is 7.82. The molecule has 0 amide bonds. The first-order valence-electron chi connectivity index (χ1n) is 7.27. The van der Waals surface area contributed by atoms with Crippen LogP contribution in [0.5, 0.6) is 0 Å². The summed E-state index contributed by atoms with van der Waals surface area (Å²) in [6.07, 6.45) is 5.38. The largest absolute Gasteiger partial charge is 0.310 e. The van der Waals surface area contributed by atoms with Crippen molar-refractivity contribution in [2.45, 2.75) is 46.2 Å². The average molecular weight is 273 g/mol. The van der Waals surface area contributed by atoms with Gasteiger partial charge in [-0.25, -0.2) is 4.98 Å². The van der Waals surface area contributed by atoms with E-state index < -0.39 is 0 Å². The maximum atomic E-state index is 4.40. The lowest BCUT2D eigenvalue weighted by Crippen LogP contribution is -2.25. The number of nitrogens with one attached hydrogen (secondary N) is 1. The Hall–Kier alpha value is -1.75. The van der Waals surface area contributed by atoms with Gasteiger partial charge in [-0.15, -0.1) is 0 Å². The molecule has 2 aromatic heterocycles.